The normalized spacial score (nSPS) is 11.5. The molecule has 0 spiro atoms. The zero-order chi connectivity index (χ0) is 11.4. The fourth-order valence-corrected chi connectivity index (χ4v) is 1.52. The molecule has 0 unspecified atom stereocenters. The van der Waals surface area contributed by atoms with Gasteiger partial charge in [0.2, 0.25) is 0 Å². The lowest BCUT2D eigenvalue weighted by atomic mass is 10.2. The molecule has 0 aliphatic heterocycles. The quantitative estimate of drug-likeness (QED) is 0.770. The van der Waals surface area contributed by atoms with Crippen LogP contribution in [0.2, 0.25) is 5.15 Å². The molecule has 1 rings (SSSR count). The standard InChI is InChI=1S/C10H12Cl2N2O/c1-7(2)10-13-8(12)6-9(15)14(10)5-3-4-11/h3-4,6-7H,5H2,1-2H3/b4-3+. The Morgan fingerprint density at radius 3 is 2.80 bits per heavy atom. The van der Waals surface area contributed by atoms with Gasteiger partial charge in [0.15, 0.2) is 0 Å². The molecule has 0 aliphatic rings. The molecule has 1 aromatic rings. The van der Waals surface area contributed by atoms with Crippen LogP contribution in [0.3, 0.4) is 0 Å². The van der Waals surface area contributed by atoms with E-state index in [2.05, 4.69) is 4.98 Å². The first kappa shape index (κ1) is 12.3. The van der Waals surface area contributed by atoms with E-state index in [0.29, 0.717) is 12.4 Å². The lowest BCUT2D eigenvalue weighted by molar-refractivity contribution is 0.633. The van der Waals surface area contributed by atoms with Crippen LogP contribution in [0.4, 0.5) is 0 Å². The highest BCUT2D eigenvalue weighted by atomic mass is 35.5. The number of nitrogens with zero attached hydrogens (tertiary/aromatic N) is 2. The van der Waals surface area contributed by atoms with Crippen LogP contribution >= 0.6 is 23.2 Å². The molecule has 3 nitrogen and oxygen atoms in total. The number of allylic oxidation sites excluding steroid dienone is 1. The SMILES string of the molecule is CC(C)c1nc(Cl)cc(=O)n1C/C=C/Cl. The summed E-state index contributed by atoms with van der Waals surface area (Å²) in [4.78, 5) is 15.8. The van der Waals surface area contributed by atoms with Crippen molar-refractivity contribution in [3.8, 4) is 0 Å². The molecule has 0 fully saturated rings. The highest BCUT2D eigenvalue weighted by molar-refractivity contribution is 6.29. The Morgan fingerprint density at radius 2 is 2.27 bits per heavy atom. The van der Waals surface area contributed by atoms with E-state index in [0.717, 1.165) is 0 Å². The molecule has 0 saturated carbocycles. The molecule has 0 radical (unpaired) electrons. The molecule has 5 heteroatoms. The van der Waals surface area contributed by atoms with E-state index >= 15 is 0 Å². The van der Waals surface area contributed by atoms with Gasteiger partial charge in [-0.3, -0.25) is 9.36 Å². The van der Waals surface area contributed by atoms with Gasteiger partial charge in [-0.15, -0.1) is 0 Å². The van der Waals surface area contributed by atoms with Crippen molar-refractivity contribution in [2.75, 3.05) is 0 Å². The van der Waals surface area contributed by atoms with Crippen molar-refractivity contribution >= 4 is 23.2 Å². The van der Waals surface area contributed by atoms with Crippen LogP contribution in [0.5, 0.6) is 0 Å². The monoisotopic (exact) mass is 246 g/mol. The molecule has 1 aromatic heterocycles. The lowest BCUT2D eigenvalue weighted by Crippen LogP contribution is -2.24. The second-order valence-electron chi connectivity index (χ2n) is 3.40. The first-order valence-corrected chi connectivity index (χ1v) is 5.40. The second-order valence-corrected chi connectivity index (χ2v) is 4.04. The van der Waals surface area contributed by atoms with Gasteiger partial charge in [0.25, 0.3) is 5.56 Å². The maximum absolute atomic E-state index is 11.6. The van der Waals surface area contributed by atoms with Crippen LogP contribution in [0.25, 0.3) is 0 Å². The first-order valence-electron chi connectivity index (χ1n) is 4.58. The van der Waals surface area contributed by atoms with E-state index in [4.69, 9.17) is 23.2 Å². The molecule has 15 heavy (non-hydrogen) atoms. The molecule has 0 atom stereocenters. The maximum atomic E-state index is 11.6. The van der Waals surface area contributed by atoms with Crippen LogP contribution < -0.4 is 5.56 Å². The van der Waals surface area contributed by atoms with Crippen LogP contribution in [0.1, 0.15) is 25.6 Å². The van der Waals surface area contributed by atoms with Crippen molar-refractivity contribution < 1.29 is 0 Å². The zero-order valence-electron chi connectivity index (χ0n) is 8.58. The van der Waals surface area contributed by atoms with E-state index in [1.54, 1.807) is 10.6 Å². The number of hydrogen-bond donors (Lipinski definition) is 0. The fourth-order valence-electron chi connectivity index (χ4n) is 1.26. The smallest absolute Gasteiger partial charge is 0.255 e. The maximum Gasteiger partial charge on any atom is 0.255 e. The molecule has 0 amide bonds. The minimum atomic E-state index is -0.159. The largest absolute Gasteiger partial charge is 0.292 e. The average Bonchev–Trinajstić information content (AvgIpc) is 2.15. The Kier molecular flexibility index (Phi) is 4.36. The Bertz CT molecular complexity index is 424. The highest BCUT2D eigenvalue weighted by Gasteiger charge is 2.09. The van der Waals surface area contributed by atoms with Crippen molar-refractivity contribution in [2.24, 2.45) is 0 Å². The van der Waals surface area contributed by atoms with Gasteiger partial charge in [0, 0.05) is 24.1 Å². The van der Waals surface area contributed by atoms with Gasteiger partial charge in [-0.05, 0) is 0 Å². The van der Waals surface area contributed by atoms with Crippen molar-refractivity contribution in [2.45, 2.75) is 26.3 Å². The van der Waals surface area contributed by atoms with E-state index in [-0.39, 0.29) is 16.6 Å². The molecule has 82 valence electrons. The lowest BCUT2D eigenvalue weighted by Gasteiger charge is -2.12. The molecular formula is C10H12Cl2N2O. The summed E-state index contributed by atoms with van der Waals surface area (Å²) in [7, 11) is 0. The van der Waals surface area contributed by atoms with Gasteiger partial charge in [-0.1, -0.05) is 43.1 Å². The summed E-state index contributed by atoms with van der Waals surface area (Å²) in [5.41, 5.74) is 1.22. The zero-order valence-corrected chi connectivity index (χ0v) is 10.1. The Labute approximate surface area is 98.3 Å². The Morgan fingerprint density at radius 1 is 1.60 bits per heavy atom. The minimum absolute atomic E-state index is 0.139. The van der Waals surface area contributed by atoms with Crippen LogP contribution in [-0.4, -0.2) is 9.55 Å². The summed E-state index contributed by atoms with van der Waals surface area (Å²) in [6.07, 6.45) is 1.68. The molecule has 0 bridgehead atoms. The third kappa shape index (κ3) is 3.08. The van der Waals surface area contributed by atoms with Crippen LogP contribution in [0, 0.1) is 0 Å². The molecule has 0 aromatic carbocycles. The highest BCUT2D eigenvalue weighted by Crippen LogP contribution is 2.12. The number of rotatable bonds is 3. The molecule has 1 heterocycles. The van der Waals surface area contributed by atoms with Gasteiger partial charge >= 0.3 is 0 Å². The van der Waals surface area contributed by atoms with E-state index < -0.39 is 0 Å². The minimum Gasteiger partial charge on any atom is -0.292 e. The third-order valence-corrected chi connectivity index (χ3v) is 2.27. The van der Waals surface area contributed by atoms with Gasteiger partial charge in [0.05, 0.1) is 0 Å². The Hall–Kier alpha value is -0.800. The van der Waals surface area contributed by atoms with E-state index in [1.165, 1.54) is 11.6 Å². The molecule has 0 saturated heterocycles. The predicted molar refractivity (Wildman–Crippen MR) is 62.6 cm³/mol. The average molecular weight is 247 g/mol. The van der Waals surface area contributed by atoms with Crippen molar-refractivity contribution in [3.05, 3.63) is 39.0 Å². The predicted octanol–water partition coefficient (Wildman–Crippen LogP) is 2.77. The van der Waals surface area contributed by atoms with Crippen molar-refractivity contribution in [1.82, 2.24) is 9.55 Å². The van der Waals surface area contributed by atoms with Crippen molar-refractivity contribution in [3.63, 3.8) is 0 Å². The van der Waals surface area contributed by atoms with Gasteiger partial charge in [-0.25, -0.2) is 4.98 Å². The molecule has 0 N–H and O–H groups in total. The van der Waals surface area contributed by atoms with Gasteiger partial charge < -0.3 is 0 Å². The van der Waals surface area contributed by atoms with Gasteiger partial charge in [-0.2, -0.15) is 0 Å². The summed E-state index contributed by atoms with van der Waals surface area (Å²) in [5, 5.41) is 0.231. The second kappa shape index (κ2) is 5.33. The summed E-state index contributed by atoms with van der Waals surface area (Å²) >= 11 is 11.2. The van der Waals surface area contributed by atoms with E-state index in [1.807, 2.05) is 13.8 Å². The Balaban J connectivity index is 3.27. The summed E-state index contributed by atoms with van der Waals surface area (Å²) in [6.45, 7) is 4.33. The van der Waals surface area contributed by atoms with Crippen LogP contribution in [0.15, 0.2) is 22.5 Å². The number of aromatic nitrogens is 2. The van der Waals surface area contributed by atoms with Gasteiger partial charge in [0.1, 0.15) is 11.0 Å². The summed E-state index contributed by atoms with van der Waals surface area (Å²) < 4.78 is 1.55. The van der Waals surface area contributed by atoms with Crippen molar-refractivity contribution in [1.29, 1.82) is 0 Å². The van der Waals surface area contributed by atoms with Crippen LogP contribution in [-0.2, 0) is 6.54 Å². The summed E-state index contributed by atoms with van der Waals surface area (Å²) in [5.74, 6) is 0.808. The molecule has 0 aliphatic carbocycles. The fraction of sp³-hybridized carbons (Fsp3) is 0.400. The topological polar surface area (TPSA) is 34.9 Å². The first-order chi connectivity index (χ1) is 7.06. The summed E-state index contributed by atoms with van der Waals surface area (Å²) in [6, 6.07) is 1.30. The number of hydrogen-bond acceptors (Lipinski definition) is 2. The van der Waals surface area contributed by atoms with E-state index in [9.17, 15) is 4.79 Å². The third-order valence-electron chi connectivity index (χ3n) is 1.90. The molecular weight excluding hydrogens is 235 g/mol. The number of halogens is 2.